The Morgan fingerprint density at radius 2 is 1.73 bits per heavy atom. The van der Waals surface area contributed by atoms with Crippen LogP contribution in [0.25, 0.3) is 6.08 Å². The molecule has 1 aliphatic rings. The van der Waals surface area contributed by atoms with Crippen LogP contribution in [0.15, 0.2) is 84.4 Å². The molecule has 1 saturated heterocycles. The van der Waals surface area contributed by atoms with Crippen LogP contribution in [-0.4, -0.2) is 30.6 Å². The molecule has 0 aliphatic carbocycles. The molecule has 3 aromatic carbocycles. The molecule has 0 aromatic heterocycles. The third-order valence-electron chi connectivity index (χ3n) is 5.42. The van der Waals surface area contributed by atoms with E-state index in [1.165, 1.54) is 4.90 Å². The minimum Gasteiger partial charge on any atom is -0.493 e. The van der Waals surface area contributed by atoms with E-state index in [0.717, 1.165) is 16.7 Å². The summed E-state index contributed by atoms with van der Waals surface area (Å²) < 4.78 is 16.6. The number of carbonyl (C=O) groups excluding carboxylic acids is 2. The normalized spacial score (nSPS) is 15.8. The van der Waals surface area contributed by atoms with E-state index in [-0.39, 0.29) is 6.61 Å². The fraction of sp³-hybridized carbons (Fsp3) is 0.185. The predicted octanol–water partition coefficient (Wildman–Crippen LogP) is 5.40. The van der Waals surface area contributed by atoms with Crippen molar-refractivity contribution >= 4 is 18.1 Å². The lowest BCUT2D eigenvalue weighted by Crippen LogP contribution is -2.34. The van der Waals surface area contributed by atoms with E-state index in [4.69, 9.17) is 14.2 Å². The van der Waals surface area contributed by atoms with Crippen molar-refractivity contribution in [3.8, 4) is 11.5 Å². The minimum atomic E-state index is -0.636. The van der Waals surface area contributed by atoms with Gasteiger partial charge in [0.1, 0.15) is 19.3 Å². The smallest absolute Gasteiger partial charge is 0.417 e. The van der Waals surface area contributed by atoms with Crippen LogP contribution in [0.4, 0.5) is 4.79 Å². The van der Waals surface area contributed by atoms with E-state index in [2.05, 4.69) is 0 Å². The molecule has 0 radical (unpaired) electrons. The lowest BCUT2D eigenvalue weighted by molar-refractivity contribution is -0.125. The van der Waals surface area contributed by atoms with Gasteiger partial charge in [-0.1, -0.05) is 66.7 Å². The number of imide groups is 1. The van der Waals surface area contributed by atoms with Gasteiger partial charge in [-0.2, -0.15) is 0 Å². The van der Waals surface area contributed by atoms with Gasteiger partial charge in [-0.25, -0.2) is 9.69 Å². The number of hydrogen-bond donors (Lipinski definition) is 0. The van der Waals surface area contributed by atoms with E-state index in [1.807, 2.05) is 72.8 Å². The summed E-state index contributed by atoms with van der Waals surface area (Å²) in [5.74, 6) is 0.770. The van der Waals surface area contributed by atoms with Crippen LogP contribution in [0.2, 0.25) is 0 Å². The molecule has 1 heterocycles. The van der Waals surface area contributed by atoms with E-state index < -0.39 is 18.0 Å². The van der Waals surface area contributed by atoms with Gasteiger partial charge in [0.2, 0.25) is 0 Å². The summed E-state index contributed by atoms with van der Waals surface area (Å²) >= 11 is 0. The molecule has 4 rings (SSSR count). The largest absolute Gasteiger partial charge is 0.493 e. The number of cyclic esters (lactones) is 1. The molecule has 6 heteroatoms. The number of rotatable bonds is 7. The molecule has 1 fully saturated rings. The van der Waals surface area contributed by atoms with Crippen molar-refractivity contribution in [2.45, 2.75) is 19.6 Å². The average Bonchev–Trinajstić information content (AvgIpc) is 3.24. The van der Waals surface area contributed by atoms with Gasteiger partial charge in [0.15, 0.2) is 11.5 Å². The highest BCUT2D eigenvalue weighted by atomic mass is 16.6. The number of methoxy groups -OCH3 is 1. The Kier molecular flexibility index (Phi) is 6.74. The Bertz CT molecular complexity index is 1160. The number of hydrogen-bond acceptors (Lipinski definition) is 5. The van der Waals surface area contributed by atoms with E-state index in [0.29, 0.717) is 23.7 Å². The molecular formula is C27H25NO5. The summed E-state index contributed by atoms with van der Waals surface area (Å²) in [5.41, 5.74) is 3.05. The van der Waals surface area contributed by atoms with Crippen molar-refractivity contribution in [2.24, 2.45) is 0 Å². The number of benzene rings is 3. The number of ether oxygens (including phenoxy) is 3. The second-order valence-electron chi connectivity index (χ2n) is 7.69. The monoisotopic (exact) mass is 443 g/mol. The molecule has 2 amide bonds. The molecule has 1 atom stereocenters. The maximum absolute atomic E-state index is 13.2. The Labute approximate surface area is 193 Å². The third-order valence-corrected chi connectivity index (χ3v) is 5.42. The van der Waals surface area contributed by atoms with Gasteiger partial charge in [-0.3, -0.25) is 4.79 Å². The van der Waals surface area contributed by atoms with Crippen LogP contribution in [0.5, 0.6) is 11.5 Å². The fourth-order valence-electron chi connectivity index (χ4n) is 3.70. The average molecular weight is 443 g/mol. The van der Waals surface area contributed by atoms with E-state index >= 15 is 0 Å². The molecule has 0 N–H and O–H groups in total. The zero-order valence-electron chi connectivity index (χ0n) is 18.6. The van der Waals surface area contributed by atoms with Crippen molar-refractivity contribution in [3.63, 3.8) is 0 Å². The fourth-order valence-corrected chi connectivity index (χ4v) is 3.70. The highest BCUT2D eigenvalue weighted by molar-refractivity contribution is 6.05. The van der Waals surface area contributed by atoms with Crippen molar-refractivity contribution in [1.29, 1.82) is 0 Å². The molecule has 0 saturated carbocycles. The van der Waals surface area contributed by atoms with Crippen LogP contribution in [0.3, 0.4) is 0 Å². The Morgan fingerprint density at radius 3 is 2.42 bits per heavy atom. The number of carbonyl (C=O) groups is 2. The Hall–Kier alpha value is -4.06. The van der Waals surface area contributed by atoms with Crippen LogP contribution < -0.4 is 9.47 Å². The van der Waals surface area contributed by atoms with Crippen molar-refractivity contribution in [2.75, 3.05) is 13.7 Å². The second-order valence-corrected chi connectivity index (χ2v) is 7.69. The highest BCUT2D eigenvalue weighted by Gasteiger charge is 2.39. The Morgan fingerprint density at radius 1 is 1.03 bits per heavy atom. The standard InChI is InChI=1S/C27H25NO5/c1-19(26(29)28-23(18-33-27(28)30)22-11-7-4-8-12-22)15-21-13-14-24(31-2)25(16-21)32-17-20-9-5-3-6-10-20/h3-16,23H,17-18H2,1-2H3/b19-15+. The van der Waals surface area contributed by atoms with E-state index in [9.17, 15) is 9.59 Å². The third kappa shape index (κ3) is 5.06. The quantitative estimate of drug-likeness (QED) is 0.458. The number of amides is 2. The van der Waals surface area contributed by atoms with Gasteiger partial charge >= 0.3 is 6.09 Å². The van der Waals surface area contributed by atoms with Gasteiger partial charge in [0.25, 0.3) is 5.91 Å². The summed E-state index contributed by atoms with van der Waals surface area (Å²) in [6, 6.07) is 24.2. The van der Waals surface area contributed by atoms with Crippen molar-refractivity contribution < 1.29 is 23.8 Å². The predicted molar refractivity (Wildman–Crippen MR) is 125 cm³/mol. The zero-order valence-corrected chi connectivity index (χ0v) is 18.6. The molecule has 1 aliphatic heterocycles. The molecular weight excluding hydrogens is 418 g/mol. The first-order chi connectivity index (χ1) is 16.1. The first kappa shape index (κ1) is 22.1. The maximum Gasteiger partial charge on any atom is 0.417 e. The summed E-state index contributed by atoms with van der Waals surface area (Å²) in [5, 5.41) is 0. The lowest BCUT2D eigenvalue weighted by Gasteiger charge is -2.20. The van der Waals surface area contributed by atoms with Crippen LogP contribution in [0, 0.1) is 0 Å². The van der Waals surface area contributed by atoms with Crippen LogP contribution >= 0.6 is 0 Å². The number of nitrogens with zero attached hydrogens (tertiary/aromatic N) is 1. The van der Waals surface area contributed by atoms with Crippen molar-refractivity contribution in [3.05, 3.63) is 101 Å². The molecule has 0 spiro atoms. The summed E-state index contributed by atoms with van der Waals surface area (Å²) in [7, 11) is 1.58. The highest BCUT2D eigenvalue weighted by Crippen LogP contribution is 2.32. The molecule has 1 unspecified atom stereocenters. The van der Waals surface area contributed by atoms with Gasteiger partial charge < -0.3 is 14.2 Å². The van der Waals surface area contributed by atoms with E-state index in [1.54, 1.807) is 26.2 Å². The summed E-state index contributed by atoms with van der Waals surface area (Å²) in [6.45, 7) is 2.22. The molecule has 3 aromatic rings. The van der Waals surface area contributed by atoms with Gasteiger partial charge in [-0.05, 0) is 41.8 Å². The first-order valence-corrected chi connectivity index (χ1v) is 10.6. The summed E-state index contributed by atoms with van der Waals surface area (Å²) in [6.07, 6.45) is 1.09. The minimum absolute atomic E-state index is 0.141. The topological polar surface area (TPSA) is 65.1 Å². The zero-order chi connectivity index (χ0) is 23.2. The molecule has 0 bridgehead atoms. The van der Waals surface area contributed by atoms with Crippen LogP contribution in [-0.2, 0) is 16.1 Å². The summed E-state index contributed by atoms with van der Waals surface area (Å²) in [4.78, 5) is 26.7. The molecule has 33 heavy (non-hydrogen) atoms. The molecule has 6 nitrogen and oxygen atoms in total. The van der Waals surface area contributed by atoms with Gasteiger partial charge in [0, 0.05) is 5.57 Å². The van der Waals surface area contributed by atoms with Gasteiger partial charge in [-0.15, -0.1) is 0 Å². The SMILES string of the molecule is COc1ccc(/C=C(\C)C(=O)N2C(=O)OCC2c2ccccc2)cc1OCc1ccccc1. The second kappa shape index (κ2) is 10.0. The van der Waals surface area contributed by atoms with Crippen LogP contribution in [0.1, 0.15) is 29.7 Å². The Balaban J connectivity index is 1.55. The molecule has 168 valence electrons. The maximum atomic E-state index is 13.2. The van der Waals surface area contributed by atoms with Gasteiger partial charge in [0.05, 0.1) is 7.11 Å². The van der Waals surface area contributed by atoms with Crippen molar-refractivity contribution in [1.82, 2.24) is 4.90 Å². The first-order valence-electron chi connectivity index (χ1n) is 10.6. The lowest BCUT2D eigenvalue weighted by atomic mass is 10.1.